The zero-order valence-electron chi connectivity index (χ0n) is 18.3. The van der Waals surface area contributed by atoms with E-state index < -0.39 is 24.1 Å². The van der Waals surface area contributed by atoms with Gasteiger partial charge >= 0.3 is 6.09 Å². The van der Waals surface area contributed by atoms with Crippen LogP contribution in [-0.2, 0) is 4.74 Å². The largest absolute Gasteiger partial charge is 0.457 e. The molecule has 2 atom stereocenters. The van der Waals surface area contributed by atoms with Crippen LogP contribution in [0.1, 0.15) is 6.92 Å². The smallest absolute Gasteiger partial charge is 0.415 e. The van der Waals surface area contributed by atoms with Gasteiger partial charge in [-0.1, -0.05) is 24.3 Å². The molecule has 3 rings (SSSR count). The van der Waals surface area contributed by atoms with Gasteiger partial charge < -0.3 is 14.4 Å². The molecule has 1 amide bonds. The number of benzene rings is 2. The van der Waals surface area contributed by atoms with Crippen LogP contribution in [0.2, 0.25) is 5.02 Å². The van der Waals surface area contributed by atoms with Crippen LogP contribution in [0, 0.1) is 0 Å². The first-order valence-corrected chi connectivity index (χ1v) is 10.5. The van der Waals surface area contributed by atoms with Gasteiger partial charge in [0, 0.05) is 17.3 Å². The highest BCUT2D eigenvalue weighted by Crippen LogP contribution is 2.33. The number of amides is 1. The lowest BCUT2D eigenvalue weighted by Crippen LogP contribution is -2.41. The van der Waals surface area contributed by atoms with Gasteiger partial charge in [0.05, 0.1) is 6.04 Å². The number of likely N-dealkylation sites (N-methyl/N-ethyl adjacent to an activating group) is 1. The summed E-state index contributed by atoms with van der Waals surface area (Å²) < 4.78 is 25.6. The highest BCUT2D eigenvalue weighted by atomic mass is 35.5. The highest BCUT2D eigenvalue weighted by Gasteiger charge is 2.43. The van der Waals surface area contributed by atoms with E-state index in [1.54, 1.807) is 60.4 Å². The number of rotatable bonds is 8. The molecule has 2 aromatic carbocycles. The SMILES string of the molecule is C=C/C=C(F)\C=C(/C)[C@H]1[C@H](CN(C)C)OC(=O)N1c1ccc(Oc2ccc(Cl)cc2)cc1. The molecule has 5 nitrogen and oxygen atoms in total. The first-order valence-electron chi connectivity index (χ1n) is 10.1. The summed E-state index contributed by atoms with van der Waals surface area (Å²) in [5, 5.41) is 0.626. The van der Waals surface area contributed by atoms with E-state index in [0.29, 0.717) is 34.3 Å². The Bertz CT molecular complexity index is 1020. The van der Waals surface area contributed by atoms with Crippen molar-refractivity contribution in [2.24, 2.45) is 0 Å². The van der Waals surface area contributed by atoms with Crippen molar-refractivity contribution in [1.82, 2.24) is 4.90 Å². The second kappa shape index (κ2) is 10.5. The number of anilines is 1. The molecule has 168 valence electrons. The first kappa shape index (κ1) is 23.6. The van der Waals surface area contributed by atoms with Crippen molar-refractivity contribution in [1.29, 1.82) is 0 Å². The maximum absolute atomic E-state index is 14.1. The van der Waals surface area contributed by atoms with Gasteiger partial charge in [-0.05, 0) is 87.3 Å². The molecule has 0 aromatic heterocycles. The summed E-state index contributed by atoms with van der Waals surface area (Å²) in [6, 6.07) is 13.7. The van der Waals surface area contributed by atoms with Crippen molar-refractivity contribution in [2.45, 2.75) is 19.1 Å². The molecule has 0 bridgehead atoms. The third kappa shape index (κ3) is 5.78. The van der Waals surface area contributed by atoms with Crippen LogP contribution in [0.25, 0.3) is 0 Å². The Kier molecular flexibility index (Phi) is 7.72. The fraction of sp³-hybridized carbons (Fsp3) is 0.240. The maximum atomic E-state index is 14.1. The Hall–Kier alpha value is -3.09. The van der Waals surface area contributed by atoms with Crippen molar-refractivity contribution in [3.8, 4) is 11.5 Å². The van der Waals surface area contributed by atoms with E-state index in [1.165, 1.54) is 18.2 Å². The van der Waals surface area contributed by atoms with Crippen LogP contribution in [0.15, 0.2) is 84.7 Å². The molecule has 1 fully saturated rings. The Labute approximate surface area is 193 Å². The minimum atomic E-state index is -0.478. The molecule has 0 unspecified atom stereocenters. The molecule has 0 radical (unpaired) electrons. The summed E-state index contributed by atoms with van der Waals surface area (Å²) in [4.78, 5) is 16.3. The van der Waals surface area contributed by atoms with Gasteiger partial charge in [0.15, 0.2) is 0 Å². The lowest BCUT2D eigenvalue weighted by Gasteiger charge is -2.27. The molecule has 0 spiro atoms. The van der Waals surface area contributed by atoms with Crippen molar-refractivity contribution in [2.75, 3.05) is 25.5 Å². The second-order valence-electron chi connectivity index (χ2n) is 7.72. The average Bonchev–Trinajstić information content (AvgIpc) is 3.05. The highest BCUT2D eigenvalue weighted by molar-refractivity contribution is 6.30. The third-order valence-electron chi connectivity index (χ3n) is 4.90. The van der Waals surface area contributed by atoms with E-state index in [2.05, 4.69) is 6.58 Å². The molecule has 0 saturated carbocycles. The topological polar surface area (TPSA) is 42.0 Å². The van der Waals surface area contributed by atoms with Gasteiger partial charge in [-0.25, -0.2) is 9.18 Å². The summed E-state index contributed by atoms with van der Waals surface area (Å²) in [6.07, 6.45) is 3.13. The van der Waals surface area contributed by atoms with Gasteiger partial charge in [-0.15, -0.1) is 0 Å². The number of halogens is 2. The zero-order chi connectivity index (χ0) is 23.3. The molecular formula is C25H26ClFN2O3. The van der Waals surface area contributed by atoms with Crippen LogP contribution >= 0.6 is 11.6 Å². The lowest BCUT2D eigenvalue weighted by atomic mass is 10.00. The minimum absolute atomic E-state index is 0.438. The fourth-order valence-electron chi connectivity index (χ4n) is 3.57. The number of carbonyl (C=O) groups is 1. The van der Waals surface area contributed by atoms with E-state index in [-0.39, 0.29) is 0 Å². The molecule has 32 heavy (non-hydrogen) atoms. The molecule has 1 saturated heterocycles. The van der Waals surface area contributed by atoms with Gasteiger partial charge in [0.1, 0.15) is 23.4 Å². The third-order valence-corrected chi connectivity index (χ3v) is 5.15. The average molecular weight is 457 g/mol. The Morgan fingerprint density at radius 2 is 1.78 bits per heavy atom. The number of carbonyl (C=O) groups excluding carboxylic acids is 1. The first-order chi connectivity index (χ1) is 15.3. The standard InChI is InChI=1S/C25H26ClFN2O3/c1-5-6-19(27)15-17(2)24-23(16-28(3)4)32-25(30)29(24)20-9-13-22(14-10-20)31-21-11-7-18(26)8-12-21/h5-15,23-24H,1,16H2,2-4H3/b17-15+,19-6+/t23-,24-/m0/s1. The Morgan fingerprint density at radius 1 is 1.19 bits per heavy atom. The Balaban J connectivity index is 1.88. The molecule has 1 aliphatic rings. The van der Waals surface area contributed by atoms with Crippen LogP contribution < -0.4 is 9.64 Å². The summed E-state index contributed by atoms with van der Waals surface area (Å²) in [5.74, 6) is 0.819. The number of cyclic esters (lactones) is 1. The molecule has 2 aromatic rings. The number of hydrogen-bond donors (Lipinski definition) is 0. The molecule has 0 N–H and O–H groups in total. The lowest BCUT2D eigenvalue weighted by molar-refractivity contribution is 0.115. The predicted molar refractivity (Wildman–Crippen MR) is 126 cm³/mol. The van der Waals surface area contributed by atoms with Crippen LogP contribution in [0.3, 0.4) is 0 Å². The monoisotopic (exact) mass is 456 g/mol. The van der Waals surface area contributed by atoms with Crippen molar-refractivity contribution in [3.63, 3.8) is 0 Å². The van der Waals surface area contributed by atoms with E-state index in [1.807, 2.05) is 19.0 Å². The van der Waals surface area contributed by atoms with Crippen molar-refractivity contribution < 1.29 is 18.7 Å². The van der Waals surface area contributed by atoms with Gasteiger partial charge in [-0.2, -0.15) is 0 Å². The van der Waals surface area contributed by atoms with Crippen LogP contribution in [0.5, 0.6) is 11.5 Å². The molecule has 0 aliphatic carbocycles. The number of allylic oxidation sites excluding steroid dienone is 4. The van der Waals surface area contributed by atoms with Gasteiger partial charge in [0.25, 0.3) is 0 Å². The molecule has 7 heteroatoms. The Morgan fingerprint density at radius 3 is 2.34 bits per heavy atom. The number of nitrogens with zero attached hydrogens (tertiary/aromatic N) is 2. The van der Waals surface area contributed by atoms with E-state index in [4.69, 9.17) is 21.1 Å². The fourth-order valence-corrected chi connectivity index (χ4v) is 3.69. The van der Waals surface area contributed by atoms with Crippen LogP contribution in [-0.4, -0.2) is 43.8 Å². The molecule has 1 heterocycles. The minimum Gasteiger partial charge on any atom is -0.457 e. The van der Waals surface area contributed by atoms with Crippen molar-refractivity contribution >= 4 is 23.4 Å². The summed E-state index contributed by atoms with van der Waals surface area (Å²) >= 11 is 5.91. The second-order valence-corrected chi connectivity index (χ2v) is 8.16. The maximum Gasteiger partial charge on any atom is 0.415 e. The number of ether oxygens (including phenoxy) is 2. The normalized spacial score (nSPS) is 19.3. The van der Waals surface area contributed by atoms with Gasteiger partial charge in [0.2, 0.25) is 0 Å². The zero-order valence-corrected chi connectivity index (χ0v) is 19.1. The molecule has 1 aliphatic heterocycles. The quantitative estimate of drug-likeness (QED) is 0.432. The van der Waals surface area contributed by atoms with Crippen molar-refractivity contribution in [3.05, 3.63) is 89.8 Å². The van der Waals surface area contributed by atoms with E-state index >= 15 is 0 Å². The van der Waals surface area contributed by atoms with E-state index in [0.717, 1.165) is 0 Å². The summed E-state index contributed by atoms with van der Waals surface area (Å²) in [7, 11) is 3.79. The predicted octanol–water partition coefficient (Wildman–Crippen LogP) is 6.37. The molecular weight excluding hydrogens is 431 g/mol. The summed E-state index contributed by atoms with van der Waals surface area (Å²) in [5.41, 5.74) is 1.30. The van der Waals surface area contributed by atoms with E-state index in [9.17, 15) is 9.18 Å². The summed E-state index contributed by atoms with van der Waals surface area (Å²) in [6.45, 7) is 5.81. The van der Waals surface area contributed by atoms with Gasteiger partial charge in [-0.3, -0.25) is 4.90 Å². The number of hydrogen-bond acceptors (Lipinski definition) is 4. The van der Waals surface area contributed by atoms with Crippen LogP contribution in [0.4, 0.5) is 14.9 Å².